The fraction of sp³-hybridized carbons (Fsp3) is 0.412. The second-order valence-corrected chi connectivity index (χ2v) is 6.31. The first-order valence-corrected chi connectivity index (χ1v) is 8.08. The van der Waals surface area contributed by atoms with Gasteiger partial charge in [0, 0.05) is 16.5 Å². The molecule has 0 aliphatic carbocycles. The van der Waals surface area contributed by atoms with Crippen molar-refractivity contribution in [2.75, 3.05) is 0 Å². The van der Waals surface area contributed by atoms with Crippen LogP contribution in [0, 0.1) is 0 Å². The topological polar surface area (TPSA) is 35.2 Å². The molecule has 0 radical (unpaired) electrons. The van der Waals surface area contributed by atoms with Gasteiger partial charge in [-0.25, -0.2) is 0 Å². The molecule has 1 atom stereocenters. The second kappa shape index (κ2) is 7.46. The van der Waals surface area contributed by atoms with Gasteiger partial charge in [-0.2, -0.15) is 0 Å². The molecule has 2 N–H and O–H groups in total. The predicted molar refractivity (Wildman–Crippen MR) is 86.4 cm³/mol. The molecule has 1 heterocycles. The van der Waals surface area contributed by atoms with Gasteiger partial charge in [-0.1, -0.05) is 24.3 Å². The molecular formula is C17H23NOS. The average molecular weight is 289 g/mol. The smallest absolute Gasteiger partial charge is 0.124 e. The molecule has 0 bridgehead atoms. The van der Waals surface area contributed by atoms with Crippen LogP contribution in [0.25, 0.3) is 0 Å². The van der Waals surface area contributed by atoms with E-state index in [2.05, 4.69) is 23.6 Å². The summed E-state index contributed by atoms with van der Waals surface area (Å²) >= 11 is 1.82. The first-order valence-electron chi connectivity index (χ1n) is 7.20. The minimum Gasteiger partial charge on any atom is -0.491 e. The molecular weight excluding hydrogens is 266 g/mol. The van der Waals surface area contributed by atoms with Crippen LogP contribution in [0.3, 0.4) is 0 Å². The predicted octanol–water partition coefficient (Wildman–Crippen LogP) is 4.56. The van der Waals surface area contributed by atoms with E-state index in [1.54, 1.807) is 0 Å². The summed E-state index contributed by atoms with van der Waals surface area (Å²) in [6.07, 6.45) is 3.38. The van der Waals surface area contributed by atoms with Gasteiger partial charge in [-0.15, -0.1) is 11.3 Å². The fourth-order valence-electron chi connectivity index (χ4n) is 2.25. The molecule has 1 unspecified atom stereocenters. The molecule has 108 valence electrons. The molecule has 20 heavy (non-hydrogen) atoms. The highest BCUT2D eigenvalue weighted by molar-refractivity contribution is 7.09. The quantitative estimate of drug-likeness (QED) is 0.811. The summed E-state index contributed by atoms with van der Waals surface area (Å²) in [5, 5.41) is 2.13. The zero-order valence-corrected chi connectivity index (χ0v) is 13.0. The summed E-state index contributed by atoms with van der Waals surface area (Å²) in [6, 6.07) is 12.4. The molecule has 0 amide bonds. The van der Waals surface area contributed by atoms with Gasteiger partial charge in [0.15, 0.2) is 0 Å². The molecule has 0 aliphatic heterocycles. The Bertz CT molecular complexity index is 507. The van der Waals surface area contributed by atoms with Gasteiger partial charge in [-0.3, -0.25) is 0 Å². The molecule has 0 saturated carbocycles. The van der Waals surface area contributed by atoms with E-state index in [-0.39, 0.29) is 12.1 Å². The maximum atomic E-state index is 6.33. The second-order valence-electron chi connectivity index (χ2n) is 5.28. The lowest BCUT2D eigenvalue weighted by atomic mass is 10.0. The molecule has 2 rings (SSSR count). The fourth-order valence-corrected chi connectivity index (χ4v) is 3.01. The molecule has 0 spiro atoms. The Labute approximate surface area is 125 Å². The Hall–Kier alpha value is -1.32. The third-order valence-electron chi connectivity index (χ3n) is 3.20. The van der Waals surface area contributed by atoms with Crippen LogP contribution in [0.4, 0.5) is 0 Å². The average Bonchev–Trinajstić information content (AvgIpc) is 2.91. The Morgan fingerprint density at radius 2 is 1.95 bits per heavy atom. The SMILES string of the molecule is CC(C)Oc1ccccc1C(N)CCCc1cccs1. The molecule has 0 aliphatic rings. The van der Waals surface area contributed by atoms with Crippen molar-refractivity contribution in [1.29, 1.82) is 0 Å². The van der Waals surface area contributed by atoms with E-state index in [1.807, 2.05) is 43.4 Å². The van der Waals surface area contributed by atoms with Crippen LogP contribution in [0.15, 0.2) is 41.8 Å². The zero-order valence-electron chi connectivity index (χ0n) is 12.2. The third kappa shape index (κ3) is 4.36. The van der Waals surface area contributed by atoms with Gasteiger partial charge < -0.3 is 10.5 Å². The Morgan fingerprint density at radius 3 is 2.65 bits per heavy atom. The van der Waals surface area contributed by atoms with Crippen LogP contribution in [0.2, 0.25) is 0 Å². The molecule has 2 aromatic rings. The minimum absolute atomic E-state index is 0.0462. The van der Waals surface area contributed by atoms with Crippen LogP contribution >= 0.6 is 11.3 Å². The summed E-state index contributed by atoms with van der Waals surface area (Å²) in [4.78, 5) is 1.43. The number of hydrogen-bond acceptors (Lipinski definition) is 3. The molecule has 0 saturated heterocycles. The highest BCUT2D eigenvalue weighted by Gasteiger charge is 2.12. The van der Waals surface area contributed by atoms with Gasteiger partial charge in [0.25, 0.3) is 0 Å². The standard InChI is InChI=1S/C17H23NOS/c1-13(2)19-17-11-4-3-9-15(17)16(18)10-5-7-14-8-6-12-20-14/h3-4,6,8-9,11-13,16H,5,7,10,18H2,1-2H3. The maximum absolute atomic E-state index is 6.33. The van der Waals surface area contributed by atoms with E-state index in [4.69, 9.17) is 10.5 Å². The van der Waals surface area contributed by atoms with Crippen molar-refractivity contribution in [3.63, 3.8) is 0 Å². The molecule has 1 aromatic heterocycles. The van der Waals surface area contributed by atoms with Crippen molar-refractivity contribution < 1.29 is 4.74 Å². The number of thiophene rings is 1. The highest BCUT2D eigenvalue weighted by Crippen LogP contribution is 2.27. The Morgan fingerprint density at radius 1 is 1.15 bits per heavy atom. The van der Waals surface area contributed by atoms with Crippen molar-refractivity contribution in [3.8, 4) is 5.75 Å². The summed E-state index contributed by atoms with van der Waals surface area (Å²) in [5.74, 6) is 0.922. The van der Waals surface area contributed by atoms with Gasteiger partial charge >= 0.3 is 0 Å². The molecule has 3 heteroatoms. The lowest BCUT2D eigenvalue weighted by molar-refractivity contribution is 0.238. The van der Waals surface area contributed by atoms with Gasteiger partial charge in [0.1, 0.15) is 5.75 Å². The number of benzene rings is 1. The minimum atomic E-state index is 0.0462. The van der Waals surface area contributed by atoms with Gasteiger partial charge in [0.2, 0.25) is 0 Å². The number of nitrogens with two attached hydrogens (primary N) is 1. The summed E-state index contributed by atoms with van der Waals surface area (Å²) < 4.78 is 5.84. The number of aryl methyl sites for hydroxylation is 1. The van der Waals surface area contributed by atoms with Crippen molar-refractivity contribution in [2.45, 2.75) is 45.3 Å². The zero-order chi connectivity index (χ0) is 14.4. The van der Waals surface area contributed by atoms with Crippen molar-refractivity contribution >= 4 is 11.3 Å². The number of hydrogen-bond donors (Lipinski definition) is 1. The van der Waals surface area contributed by atoms with E-state index in [9.17, 15) is 0 Å². The van der Waals surface area contributed by atoms with Crippen LogP contribution < -0.4 is 10.5 Å². The lowest BCUT2D eigenvalue weighted by Crippen LogP contribution is -2.14. The summed E-state index contributed by atoms with van der Waals surface area (Å²) in [6.45, 7) is 4.08. The van der Waals surface area contributed by atoms with Gasteiger partial charge in [0.05, 0.1) is 6.10 Å². The third-order valence-corrected chi connectivity index (χ3v) is 4.14. The van der Waals surface area contributed by atoms with E-state index < -0.39 is 0 Å². The molecule has 1 aromatic carbocycles. The van der Waals surface area contributed by atoms with Crippen molar-refractivity contribution in [3.05, 3.63) is 52.2 Å². The van der Waals surface area contributed by atoms with Crippen molar-refractivity contribution in [2.24, 2.45) is 5.73 Å². The Balaban J connectivity index is 1.92. The first kappa shape index (κ1) is 15.1. The lowest BCUT2D eigenvalue weighted by Gasteiger charge is -2.18. The van der Waals surface area contributed by atoms with Crippen LogP contribution in [-0.4, -0.2) is 6.10 Å². The highest BCUT2D eigenvalue weighted by atomic mass is 32.1. The Kier molecular flexibility index (Phi) is 5.62. The van der Waals surface area contributed by atoms with Gasteiger partial charge in [-0.05, 0) is 50.6 Å². The summed E-state index contributed by atoms with van der Waals surface area (Å²) in [5.41, 5.74) is 7.45. The number of ether oxygens (including phenoxy) is 1. The molecule has 0 fully saturated rings. The van der Waals surface area contributed by atoms with E-state index in [1.165, 1.54) is 4.88 Å². The first-order chi connectivity index (χ1) is 9.66. The van der Waals surface area contributed by atoms with Crippen molar-refractivity contribution in [1.82, 2.24) is 0 Å². The number of para-hydroxylation sites is 1. The molecule has 2 nitrogen and oxygen atoms in total. The van der Waals surface area contributed by atoms with Crippen LogP contribution in [0.1, 0.15) is 43.2 Å². The normalized spacial score (nSPS) is 12.6. The number of rotatable bonds is 7. The van der Waals surface area contributed by atoms with Crippen LogP contribution in [0.5, 0.6) is 5.75 Å². The van der Waals surface area contributed by atoms with E-state index >= 15 is 0 Å². The van der Waals surface area contributed by atoms with E-state index in [0.29, 0.717) is 0 Å². The monoisotopic (exact) mass is 289 g/mol. The largest absolute Gasteiger partial charge is 0.491 e. The maximum Gasteiger partial charge on any atom is 0.124 e. The van der Waals surface area contributed by atoms with E-state index in [0.717, 1.165) is 30.6 Å². The summed E-state index contributed by atoms with van der Waals surface area (Å²) in [7, 11) is 0. The van der Waals surface area contributed by atoms with Crippen LogP contribution in [-0.2, 0) is 6.42 Å².